The van der Waals surface area contributed by atoms with Crippen molar-refractivity contribution in [2.75, 3.05) is 38.7 Å². The SMILES string of the molecule is CN=C(NCCc1nnc2ccccn12)NC1CCN(c2cc(Cl)ccc2OC)C1.I. The van der Waals surface area contributed by atoms with Crippen LogP contribution in [0.15, 0.2) is 47.6 Å². The van der Waals surface area contributed by atoms with E-state index in [9.17, 15) is 0 Å². The number of anilines is 1. The summed E-state index contributed by atoms with van der Waals surface area (Å²) in [6, 6.07) is 11.9. The van der Waals surface area contributed by atoms with Gasteiger partial charge in [-0.3, -0.25) is 9.39 Å². The Kier molecular flexibility index (Phi) is 8.19. The number of aliphatic imine (C=N–C) groups is 1. The van der Waals surface area contributed by atoms with Gasteiger partial charge in [-0.15, -0.1) is 34.2 Å². The van der Waals surface area contributed by atoms with Gasteiger partial charge in [-0.25, -0.2) is 0 Å². The Morgan fingerprint density at radius 3 is 2.97 bits per heavy atom. The molecule has 1 atom stereocenters. The largest absolute Gasteiger partial charge is 0.495 e. The number of benzene rings is 1. The van der Waals surface area contributed by atoms with Crippen molar-refractivity contribution < 1.29 is 4.74 Å². The molecule has 3 aromatic rings. The highest BCUT2D eigenvalue weighted by Crippen LogP contribution is 2.33. The zero-order valence-electron chi connectivity index (χ0n) is 17.6. The summed E-state index contributed by atoms with van der Waals surface area (Å²) < 4.78 is 7.50. The number of nitrogens with one attached hydrogen (secondary N) is 2. The fourth-order valence-electron chi connectivity index (χ4n) is 3.75. The monoisotopic (exact) mass is 555 g/mol. The predicted octanol–water partition coefficient (Wildman–Crippen LogP) is 3.00. The molecule has 3 heterocycles. The maximum absolute atomic E-state index is 6.19. The lowest BCUT2D eigenvalue weighted by Gasteiger charge is -2.22. The van der Waals surface area contributed by atoms with E-state index in [4.69, 9.17) is 16.3 Å². The quantitative estimate of drug-likeness (QED) is 0.277. The van der Waals surface area contributed by atoms with Gasteiger partial charge in [-0.1, -0.05) is 17.7 Å². The van der Waals surface area contributed by atoms with Crippen LogP contribution in [0.1, 0.15) is 12.2 Å². The van der Waals surface area contributed by atoms with Gasteiger partial charge < -0.3 is 20.3 Å². The summed E-state index contributed by atoms with van der Waals surface area (Å²) in [6.45, 7) is 2.50. The summed E-state index contributed by atoms with van der Waals surface area (Å²) in [4.78, 5) is 6.66. The zero-order valence-corrected chi connectivity index (χ0v) is 20.7. The molecule has 31 heavy (non-hydrogen) atoms. The predicted molar refractivity (Wildman–Crippen MR) is 135 cm³/mol. The van der Waals surface area contributed by atoms with E-state index in [0.29, 0.717) is 11.6 Å². The molecule has 0 radical (unpaired) electrons. The number of rotatable bonds is 6. The average Bonchev–Trinajstić information content (AvgIpc) is 3.40. The van der Waals surface area contributed by atoms with Crippen LogP contribution >= 0.6 is 35.6 Å². The van der Waals surface area contributed by atoms with Gasteiger partial charge >= 0.3 is 0 Å². The Labute approximate surface area is 204 Å². The third-order valence-corrected chi connectivity index (χ3v) is 5.49. The maximum Gasteiger partial charge on any atom is 0.191 e. The number of methoxy groups -OCH3 is 1. The first-order chi connectivity index (χ1) is 14.7. The number of hydrogen-bond donors (Lipinski definition) is 2. The molecule has 0 amide bonds. The Morgan fingerprint density at radius 1 is 1.29 bits per heavy atom. The van der Waals surface area contributed by atoms with E-state index in [-0.39, 0.29) is 30.0 Å². The second-order valence-electron chi connectivity index (χ2n) is 7.19. The summed E-state index contributed by atoms with van der Waals surface area (Å²) in [6.07, 6.45) is 3.74. The fraction of sp³-hybridized carbons (Fsp3) is 0.381. The second kappa shape index (κ2) is 10.9. The van der Waals surface area contributed by atoms with Crippen molar-refractivity contribution in [2.24, 2.45) is 4.99 Å². The van der Waals surface area contributed by atoms with Crippen molar-refractivity contribution in [1.29, 1.82) is 0 Å². The second-order valence-corrected chi connectivity index (χ2v) is 7.62. The van der Waals surface area contributed by atoms with Crippen LogP contribution in [-0.2, 0) is 6.42 Å². The van der Waals surface area contributed by atoms with Gasteiger partial charge in [0.2, 0.25) is 0 Å². The fourth-order valence-corrected chi connectivity index (χ4v) is 3.92. The number of guanidine groups is 1. The molecule has 1 aliphatic heterocycles. The smallest absolute Gasteiger partial charge is 0.191 e. The highest BCUT2D eigenvalue weighted by Gasteiger charge is 2.25. The number of ether oxygens (including phenoxy) is 1. The molecule has 1 aliphatic rings. The third-order valence-electron chi connectivity index (χ3n) is 5.26. The average molecular weight is 556 g/mol. The van der Waals surface area contributed by atoms with Crippen LogP contribution in [0.5, 0.6) is 5.75 Å². The Bertz CT molecular complexity index is 1040. The van der Waals surface area contributed by atoms with E-state index in [1.54, 1.807) is 14.2 Å². The van der Waals surface area contributed by atoms with Crippen LogP contribution in [0, 0.1) is 0 Å². The summed E-state index contributed by atoms with van der Waals surface area (Å²) >= 11 is 6.19. The summed E-state index contributed by atoms with van der Waals surface area (Å²) in [5.74, 6) is 2.55. The minimum absolute atomic E-state index is 0. The number of halogens is 2. The van der Waals surface area contributed by atoms with Gasteiger partial charge in [0.15, 0.2) is 11.6 Å². The number of nitrogens with zero attached hydrogens (tertiary/aromatic N) is 5. The summed E-state index contributed by atoms with van der Waals surface area (Å²) in [5, 5.41) is 16.1. The van der Waals surface area contributed by atoms with Crippen LogP contribution in [0.3, 0.4) is 0 Å². The summed E-state index contributed by atoms with van der Waals surface area (Å²) in [7, 11) is 3.47. The molecule has 0 spiro atoms. The lowest BCUT2D eigenvalue weighted by atomic mass is 10.2. The van der Waals surface area contributed by atoms with Gasteiger partial charge in [-0.2, -0.15) is 0 Å². The van der Waals surface area contributed by atoms with E-state index in [2.05, 4.69) is 30.7 Å². The molecule has 2 aromatic heterocycles. The molecule has 8 nitrogen and oxygen atoms in total. The molecule has 1 aromatic carbocycles. The van der Waals surface area contributed by atoms with E-state index in [0.717, 1.165) is 54.8 Å². The molecular weight excluding hydrogens is 529 g/mol. The number of fused-ring (bicyclic) bond motifs is 1. The van der Waals surface area contributed by atoms with Crippen LogP contribution in [0.25, 0.3) is 5.65 Å². The first-order valence-electron chi connectivity index (χ1n) is 10.0. The van der Waals surface area contributed by atoms with Gasteiger partial charge in [-0.05, 0) is 36.8 Å². The first-order valence-corrected chi connectivity index (χ1v) is 10.4. The topological polar surface area (TPSA) is 79.1 Å². The van der Waals surface area contributed by atoms with Crippen molar-refractivity contribution in [2.45, 2.75) is 18.9 Å². The first kappa shape index (κ1) is 23.4. The van der Waals surface area contributed by atoms with Crippen molar-refractivity contribution in [3.05, 3.63) is 53.4 Å². The molecule has 10 heteroatoms. The van der Waals surface area contributed by atoms with Crippen LogP contribution in [0.4, 0.5) is 5.69 Å². The Morgan fingerprint density at radius 2 is 2.16 bits per heavy atom. The molecule has 0 bridgehead atoms. The highest BCUT2D eigenvalue weighted by molar-refractivity contribution is 14.0. The van der Waals surface area contributed by atoms with E-state index in [1.165, 1.54) is 0 Å². The van der Waals surface area contributed by atoms with Crippen molar-refractivity contribution in [3.63, 3.8) is 0 Å². The van der Waals surface area contributed by atoms with Crippen molar-refractivity contribution >= 4 is 52.9 Å². The number of hydrogen-bond acceptors (Lipinski definition) is 5. The normalized spacial score (nSPS) is 16.3. The Hall–Kier alpha value is -2.27. The van der Waals surface area contributed by atoms with Gasteiger partial charge in [0, 0.05) is 50.4 Å². The minimum atomic E-state index is 0. The number of pyridine rings is 1. The lowest BCUT2D eigenvalue weighted by molar-refractivity contribution is 0.415. The molecule has 1 fully saturated rings. The number of aromatic nitrogens is 3. The van der Waals surface area contributed by atoms with Crippen LogP contribution in [-0.4, -0.2) is 60.4 Å². The Balaban J connectivity index is 0.00000272. The van der Waals surface area contributed by atoms with E-state index in [1.807, 2.05) is 47.0 Å². The minimum Gasteiger partial charge on any atom is -0.495 e. The maximum atomic E-state index is 6.19. The molecule has 166 valence electrons. The molecule has 1 unspecified atom stereocenters. The molecule has 0 aliphatic carbocycles. The summed E-state index contributed by atoms with van der Waals surface area (Å²) in [5.41, 5.74) is 1.88. The molecule has 0 saturated carbocycles. The molecule has 2 N–H and O–H groups in total. The van der Waals surface area contributed by atoms with Gasteiger partial charge in [0.05, 0.1) is 12.8 Å². The van der Waals surface area contributed by atoms with Crippen molar-refractivity contribution in [3.8, 4) is 5.75 Å². The third kappa shape index (κ3) is 5.51. The lowest BCUT2D eigenvalue weighted by Crippen LogP contribution is -2.45. The van der Waals surface area contributed by atoms with E-state index < -0.39 is 0 Å². The molecule has 4 rings (SSSR count). The van der Waals surface area contributed by atoms with Gasteiger partial charge in [0.25, 0.3) is 0 Å². The molecular formula is C21H27ClIN7O. The highest BCUT2D eigenvalue weighted by atomic mass is 127. The van der Waals surface area contributed by atoms with Crippen LogP contribution in [0.2, 0.25) is 5.02 Å². The van der Waals surface area contributed by atoms with E-state index >= 15 is 0 Å². The van der Waals surface area contributed by atoms with Crippen molar-refractivity contribution in [1.82, 2.24) is 25.2 Å². The molecule has 1 saturated heterocycles. The van der Waals surface area contributed by atoms with Crippen LogP contribution < -0.4 is 20.3 Å². The zero-order chi connectivity index (χ0) is 20.9. The van der Waals surface area contributed by atoms with Gasteiger partial charge in [0.1, 0.15) is 11.6 Å². The standard InChI is InChI=1S/C21H26ClN7O.HI/c1-23-21(24-10-8-20-27-26-19-5-3-4-11-29(19)20)25-16-9-12-28(14-16)17-13-15(22)6-7-18(17)30-2;/h3-7,11,13,16H,8-10,12,14H2,1-2H3,(H2,23,24,25);1H.